The van der Waals surface area contributed by atoms with Crippen LogP contribution in [0.15, 0.2) is 11.6 Å². The topological polar surface area (TPSA) is 164 Å². The lowest BCUT2D eigenvalue weighted by Crippen LogP contribution is -2.68. The van der Waals surface area contributed by atoms with Crippen LogP contribution in [0.2, 0.25) is 0 Å². The molecule has 4 rings (SSSR count). The van der Waals surface area contributed by atoms with E-state index in [0.717, 1.165) is 0 Å². The number of esters is 5. The number of epoxide rings is 1. The van der Waals surface area contributed by atoms with Crippen molar-refractivity contribution < 1.29 is 57.5 Å². The lowest BCUT2D eigenvalue weighted by molar-refractivity contribution is -0.245. The van der Waals surface area contributed by atoms with Gasteiger partial charge in [0.15, 0.2) is 17.3 Å². The van der Waals surface area contributed by atoms with Crippen LogP contribution < -0.4 is 0 Å². The summed E-state index contributed by atoms with van der Waals surface area (Å²) in [6.45, 7) is 11.6. The third-order valence-corrected chi connectivity index (χ3v) is 9.03. The van der Waals surface area contributed by atoms with Crippen LogP contribution in [0, 0.1) is 17.3 Å². The van der Waals surface area contributed by atoms with E-state index < -0.39 is 94.9 Å². The molecule has 11 atom stereocenters. The molecule has 0 aromatic carbocycles. The van der Waals surface area contributed by atoms with Gasteiger partial charge in [-0.2, -0.15) is 0 Å². The second-order valence-corrected chi connectivity index (χ2v) is 11.8. The molecule has 12 heteroatoms. The zero-order chi connectivity index (χ0) is 29.9. The van der Waals surface area contributed by atoms with Gasteiger partial charge in [0, 0.05) is 46.5 Å². The minimum Gasteiger partial charge on any atom is -0.462 e. The van der Waals surface area contributed by atoms with Gasteiger partial charge in [0.2, 0.25) is 0 Å². The van der Waals surface area contributed by atoms with Crippen molar-refractivity contribution in [2.75, 3.05) is 0 Å². The molecule has 2 aliphatic carbocycles. The molecule has 2 saturated heterocycles. The Morgan fingerprint density at radius 2 is 1.48 bits per heavy atom. The predicted octanol–water partition coefficient (Wildman–Crippen LogP) is 1.54. The van der Waals surface area contributed by atoms with E-state index in [1.54, 1.807) is 33.8 Å². The van der Waals surface area contributed by atoms with E-state index in [9.17, 15) is 29.1 Å². The fourth-order valence-electron chi connectivity index (χ4n) is 7.32. The molecule has 0 aromatic rings. The average molecular weight is 567 g/mol. The van der Waals surface area contributed by atoms with Crippen molar-refractivity contribution >= 4 is 29.8 Å². The fraction of sp³-hybridized carbons (Fsp3) is 0.750. The summed E-state index contributed by atoms with van der Waals surface area (Å²) in [5.41, 5.74) is -3.76. The van der Waals surface area contributed by atoms with Crippen molar-refractivity contribution in [2.24, 2.45) is 17.3 Å². The molecule has 1 saturated carbocycles. The number of fused-ring (bicyclic) bond motifs is 1. The lowest BCUT2D eigenvalue weighted by Gasteiger charge is -2.57. The van der Waals surface area contributed by atoms with Gasteiger partial charge in [-0.3, -0.25) is 19.2 Å². The number of hydrogen-bond acceptors (Lipinski definition) is 12. The van der Waals surface area contributed by atoms with Gasteiger partial charge in [0.05, 0.1) is 11.5 Å². The third kappa shape index (κ3) is 4.58. The molecule has 0 aromatic heterocycles. The van der Waals surface area contributed by atoms with Crippen molar-refractivity contribution in [3.05, 3.63) is 11.6 Å². The Labute approximate surface area is 232 Å². The van der Waals surface area contributed by atoms with Crippen LogP contribution in [0.5, 0.6) is 0 Å². The Kier molecular flexibility index (Phi) is 7.59. The molecule has 0 amide bonds. The SMILES string of the molecule is CC(=O)O[C@H]1C/C(C)=C\[C@@H]2OC(=O)[C@@]3(C)O[C@]23[C@H](OC(C)=O)[C@H]2[C@@H](C)[C@@H](O)C[C@H](OC(C)=O)[C@]2(C)[C@H]1OC(C)=O. The van der Waals surface area contributed by atoms with Crippen LogP contribution >= 0.6 is 0 Å². The zero-order valence-corrected chi connectivity index (χ0v) is 24.0. The molecule has 0 unspecified atom stereocenters. The first-order valence-corrected chi connectivity index (χ1v) is 13.4. The molecule has 2 aliphatic heterocycles. The van der Waals surface area contributed by atoms with E-state index in [2.05, 4.69) is 0 Å². The highest BCUT2D eigenvalue weighted by Crippen LogP contribution is 2.65. The molecule has 3 fully saturated rings. The minimum atomic E-state index is -1.48. The molecule has 0 radical (unpaired) electrons. The van der Waals surface area contributed by atoms with Gasteiger partial charge < -0.3 is 33.5 Å². The highest BCUT2D eigenvalue weighted by Gasteiger charge is 2.87. The summed E-state index contributed by atoms with van der Waals surface area (Å²) in [7, 11) is 0. The molecule has 1 spiro atoms. The van der Waals surface area contributed by atoms with Crippen molar-refractivity contribution in [3.63, 3.8) is 0 Å². The van der Waals surface area contributed by atoms with Crippen LogP contribution in [0.25, 0.3) is 0 Å². The van der Waals surface area contributed by atoms with E-state index in [0.29, 0.717) is 5.57 Å². The Hall–Kier alpha value is -2.99. The van der Waals surface area contributed by atoms with Crippen LogP contribution in [-0.2, 0) is 52.4 Å². The second kappa shape index (κ2) is 10.1. The van der Waals surface area contributed by atoms with Crippen LogP contribution in [-0.4, -0.2) is 82.8 Å². The predicted molar refractivity (Wildman–Crippen MR) is 134 cm³/mol. The molecule has 12 nitrogen and oxygen atoms in total. The van der Waals surface area contributed by atoms with E-state index in [1.807, 2.05) is 0 Å². The molecule has 0 bridgehead atoms. The zero-order valence-electron chi connectivity index (χ0n) is 24.0. The number of ether oxygens (including phenoxy) is 6. The largest absolute Gasteiger partial charge is 0.462 e. The smallest absolute Gasteiger partial charge is 0.342 e. The van der Waals surface area contributed by atoms with Crippen molar-refractivity contribution in [2.45, 2.75) is 116 Å². The summed E-state index contributed by atoms with van der Waals surface area (Å²) < 4.78 is 35.3. The van der Waals surface area contributed by atoms with Gasteiger partial charge in [0.25, 0.3) is 0 Å². The van der Waals surface area contributed by atoms with Gasteiger partial charge in [-0.1, -0.05) is 19.4 Å². The van der Waals surface area contributed by atoms with Crippen LogP contribution in [0.4, 0.5) is 0 Å². The number of aliphatic hydroxyl groups excluding tert-OH is 1. The molecular formula is C28H38O12. The summed E-state index contributed by atoms with van der Waals surface area (Å²) >= 11 is 0. The molecule has 2 heterocycles. The third-order valence-electron chi connectivity index (χ3n) is 9.03. The number of hydrogen-bond donors (Lipinski definition) is 1. The lowest BCUT2D eigenvalue weighted by atomic mass is 9.53. The van der Waals surface area contributed by atoms with Gasteiger partial charge in [-0.05, 0) is 25.8 Å². The Bertz CT molecular complexity index is 1150. The van der Waals surface area contributed by atoms with Gasteiger partial charge in [-0.15, -0.1) is 0 Å². The van der Waals surface area contributed by atoms with Crippen molar-refractivity contribution in [1.29, 1.82) is 0 Å². The normalized spacial score (nSPS) is 45.2. The first-order chi connectivity index (χ1) is 18.5. The molecular weight excluding hydrogens is 528 g/mol. The molecule has 1 N–H and O–H groups in total. The standard InChI is InChI=1S/C28H38O12/c1-12-9-19(35-14(3)29)23(37-16(5)31)26(7)20(36-15(4)30)11-18(33)13(2)22(26)24(38-17(6)32)28-21(10-12)39-25(34)27(28,8)40-28/h10,13,18-24,33H,9,11H2,1-8H3/b12-10-/t13-,18-,19-,20-,21-,22+,23-,24+,26-,27+,28-/m0/s1. The second-order valence-electron chi connectivity index (χ2n) is 11.8. The maximum Gasteiger partial charge on any atom is 0.342 e. The van der Waals surface area contributed by atoms with Gasteiger partial charge in [0.1, 0.15) is 24.4 Å². The Morgan fingerprint density at radius 1 is 0.925 bits per heavy atom. The fourth-order valence-corrected chi connectivity index (χ4v) is 7.32. The Morgan fingerprint density at radius 3 is 2.00 bits per heavy atom. The first kappa shape index (κ1) is 30.0. The number of aliphatic hydroxyl groups is 1. The number of carbonyl (C=O) groups is 5. The van der Waals surface area contributed by atoms with E-state index in [4.69, 9.17) is 28.4 Å². The maximum absolute atomic E-state index is 13.1. The van der Waals surface area contributed by atoms with Crippen molar-refractivity contribution in [3.8, 4) is 0 Å². The van der Waals surface area contributed by atoms with Crippen LogP contribution in [0.3, 0.4) is 0 Å². The summed E-state index contributed by atoms with van der Waals surface area (Å²) in [5.74, 6) is -4.93. The van der Waals surface area contributed by atoms with Crippen LogP contribution in [0.1, 0.15) is 68.2 Å². The van der Waals surface area contributed by atoms with E-state index in [-0.39, 0.29) is 12.8 Å². The Balaban J connectivity index is 2.06. The maximum atomic E-state index is 13.1. The summed E-state index contributed by atoms with van der Waals surface area (Å²) in [6, 6.07) is 0. The number of carbonyl (C=O) groups excluding carboxylic acids is 5. The van der Waals surface area contributed by atoms with E-state index in [1.165, 1.54) is 27.7 Å². The monoisotopic (exact) mass is 566 g/mol. The summed E-state index contributed by atoms with van der Waals surface area (Å²) in [5, 5.41) is 11.3. The summed E-state index contributed by atoms with van der Waals surface area (Å²) in [4.78, 5) is 62.9. The van der Waals surface area contributed by atoms with Gasteiger partial charge >= 0.3 is 29.8 Å². The highest BCUT2D eigenvalue weighted by atomic mass is 16.7. The number of rotatable bonds is 4. The average Bonchev–Trinajstić information content (AvgIpc) is 3.40. The molecule has 40 heavy (non-hydrogen) atoms. The molecule has 4 aliphatic rings. The highest BCUT2D eigenvalue weighted by molar-refractivity contribution is 5.89. The molecule has 222 valence electrons. The quantitative estimate of drug-likeness (QED) is 0.226. The summed E-state index contributed by atoms with van der Waals surface area (Å²) in [6.07, 6.45) is -4.96. The van der Waals surface area contributed by atoms with E-state index >= 15 is 0 Å². The van der Waals surface area contributed by atoms with Gasteiger partial charge in [-0.25, -0.2) is 4.79 Å². The minimum absolute atomic E-state index is 0.0378. The first-order valence-electron chi connectivity index (χ1n) is 13.4. The van der Waals surface area contributed by atoms with Crippen molar-refractivity contribution in [1.82, 2.24) is 0 Å².